The van der Waals surface area contributed by atoms with E-state index in [1.165, 1.54) is 14.0 Å². The molecule has 0 bridgehead atoms. The third-order valence-electron chi connectivity index (χ3n) is 4.91. The van der Waals surface area contributed by atoms with Crippen molar-refractivity contribution in [2.24, 2.45) is 0 Å². The number of H-pyrrole nitrogens is 1. The lowest BCUT2D eigenvalue weighted by atomic mass is 10.1. The van der Waals surface area contributed by atoms with Crippen molar-refractivity contribution in [3.63, 3.8) is 0 Å². The molecule has 1 aliphatic heterocycles. The second kappa shape index (κ2) is 8.91. The number of nitrogens with one attached hydrogen (secondary N) is 2. The van der Waals surface area contributed by atoms with Crippen LogP contribution in [0.5, 0.6) is 11.5 Å². The van der Waals surface area contributed by atoms with Gasteiger partial charge in [-0.25, -0.2) is 4.79 Å². The lowest BCUT2D eigenvalue weighted by molar-refractivity contribution is -0.121. The Morgan fingerprint density at radius 1 is 1.23 bits per heavy atom. The van der Waals surface area contributed by atoms with Crippen molar-refractivity contribution in [2.45, 2.75) is 33.2 Å². The largest absolute Gasteiger partial charge is 0.486 e. The number of Topliss-reactive ketones (excluding diaryl/α,β-unsaturated/α-hetero) is 1. The van der Waals surface area contributed by atoms with Gasteiger partial charge in [-0.1, -0.05) is 15.9 Å². The molecule has 2 heterocycles. The van der Waals surface area contributed by atoms with Gasteiger partial charge in [-0.2, -0.15) is 0 Å². The highest BCUT2D eigenvalue weighted by Gasteiger charge is 2.25. The first-order valence-corrected chi connectivity index (χ1v) is 10.2. The van der Waals surface area contributed by atoms with Gasteiger partial charge in [0.15, 0.2) is 17.3 Å². The summed E-state index contributed by atoms with van der Waals surface area (Å²) in [7, 11) is 1.26. The smallest absolute Gasteiger partial charge is 0.339 e. The molecule has 160 valence electrons. The molecule has 0 aliphatic carbocycles. The van der Waals surface area contributed by atoms with Crippen LogP contribution in [0.25, 0.3) is 0 Å². The fraction of sp³-hybridized carbons (Fsp3) is 0.381. The number of hydrogen-bond donors (Lipinski definition) is 2. The molecule has 8 nitrogen and oxygen atoms in total. The Morgan fingerprint density at radius 3 is 2.47 bits per heavy atom. The molecule has 2 aromatic rings. The molecule has 1 aromatic carbocycles. The Kier molecular flexibility index (Phi) is 6.50. The number of methoxy groups -OCH3 is 1. The van der Waals surface area contributed by atoms with Crippen LogP contribution in [-0.4, -0.2) is 43.0 Å². The van der Waals surface area contributed by atoms with Crippen LogP contribution in [0.2, 0.25) is 0 Å². The Hall–Kier alpha value is -2.81. The van der Waals surface area contributed by atoms with Crippen LogP contribution in [0.1, 0.15) is 57.6 Å². The molecule has 0 saturated heterocycles. The first-order chi connectivity index (χ1) is 14.2. The summed E-state index contributed by atoms with van der Waals surface area (Å²) in [5.74, 6) is 0.140. The number of fused-ring (bicyclic) bond motifs is 1. The molecule has 9 heteroatoms. The number of amides is 1. The fourth-order valence-electron chi connectivity index (χ4n) is 3.46. The number of ketones is 1. The molecular weight excluding hydrogens is 456 g/mol. The minimum absolute atomic E-state index is 0.106. The molecule has 1 unspecified atom stereocenters. The van der Waals surface area contributed by atoms with E-state index in [-0.39, 0.29) is 29.7 Å². The highest BCUT2D eigenvalue weighted by molar-refractivity contribution is 9.10. The van der Waals surface area contributed by atoms with E-state index in [1.807, 2.05) is 19.1 Å². The Morgan fingerprint density at radius 2 is 1.87 bits per heavy atom. The summed E-state index contributed by atoms with van der Waals surface area (Å²) < 4.78 is 16.8. The number of carbonyl (C=O) groups excluding carboxylic acids is 3. The number of rotatable bonds is 6. The number of ether oxygens (including phenoxy) is 3. The van der Waals surface area contributed by atoms with Crippen LogP contribution in [0, 0.1) is 6.92 Å². The molecule has 1 aliphatic rings. The number of carbonyl (C=O) groups is 3. The zero-order chi connectivity index (χ0) is 22.0. The van der Waals surface area contributed by atoms with Gasteiger partial charge in [0.05, 0.1) is 30.8 Å². The Bertz CT molecular complexity index is 1010. The van der Waals surface area contributed by atoms with Gasteiger partial charge in [-0.15, -0.1) is 0 Å². The van der Waals surface area contributed by atoms with Gasteiger partial charge in [0.2, 0.25) is 5.91 Å². The SMILES string of the molecule is COC(=O)c1c(CC(=O)NC(C)c2cc3c(cc2Br)OCCO3)[nH]c(C(C)=O)c1C. The number of aromatic nitrogens is 1. The fourth-order valence-corrected chi connectivity index (χ4v) is 4.13. The topological polar surface area (TPSA) is 107 Å². The van der Waals surface area contributed by atoms with Gasteiger partial charge in [-0.3, -0.25) is 9.59 Å². The van der Waals surface area contributed by atoms with E-state index in [1.54, 1.807) is 6.92 Å². The van der Waals surface area contributed by atoms with E-state index in [0.29, 0.717) is 41.7 Å². The molecule has 0 fully saturated rings. The molecule has 1 atom stereocenters. The van der Waals surface area contributed by atoms with Crippen molar-refractivity contribution >= 4 is 33.6 Å². The summed E-state index contributed by atoms with van der Waals surface area (Å²) in [5.41, 5.74) is 2.15. The molecule has 0 spiro atoms. The highest BCUT2D eigenvalue weighted by Crippen LogP contribution is 2.37. The number of esters is 1. The van der Waals surface area contributed by atoms with Gasteiger partial charge in [0.1, 0.15) is 13.2 Å². The first-order valence-electron chi connectivity index (χ1n) is 9.42. The van der Waals surface area contributed by atoms with Crippen molar-refractivity contribution in [3.05, 3.63) is 44.7 Å². The summed E-state index contributed by atoms with van der Waals surface area (Å²) in [6, 6.07) is 3.30. The minimum atomic E-state index is -0.596. The van der Waals surface area contributed by atoms with Crippen LogP contribution < -0.4 is 14.8 Å². The van der Waals surface area contributed by atoms with Crippen molar-refractivity contribution in [3.8, 4) is 11.5 Å². The summed E-state index contributed by atoms with van der Waals surface area (Å²) in [5, 5.41) is 2.91. The van der Waals surface area contributed by atoms with Crippen LogP contribution in [0.15, 0.2) is 16.6 Å². The zero-order valence-corrected chi connectivity index (χ0v) is 18.8. The maximum absolute atomic E-state index is 12.7. The standard InChI is InChI=1S/C21H23BrN2O6/c1-10-19(21(27)28-4)15(24-20(10)12(3)25)9-18(26)23-11(2)13-7-16-17(8-14(13)22)30-6-5-29-16/h7-8,11,24H,5-6,9H2,1-4H3,(H,23,26). The average Bonchev–Trinajstić information content (AvgIpc) is 3.02. The van der Waals surface area contributed by atoms with Crippen molar-refractivity contribution < 1.29 is 28.6 Å². The number of benzene rings is 1. The van der Waals surface area contributed by atoms with Crippen molar-refractivity contribution in [1.82, 2.24) is 10.3 Å². The van der Waals surface area contributed by atoms with Crippen LogP contribution >= 0.6 is 15.9 Å². The monoisotopic (exact) mass is 478 g/mol. The number of halogens is 1. The first kappa shape index (κ1) is 21.9. The van der Waals surface area contributed by atoms with Crippen LogP contribution in [-0.2, 0) is 16.0 Å². The van der Waals surface area contributed by atoms with E-state index < -0.39 is 5.97 Å². The quantitative estimate of drug-likeness (QED) is 0.487. The predicted octanol–water partition coefficient (Wildman–Crippen LogP) is 3.27. The zero-order valence-electron chi connectivity index (χ0n) is 17.2. The summed E-state index contributed by atoms with van der Waals surface area (Å²) in [4.78, 5) is 39.6. The second-order valence-corrected chi connectivity index (χ2v) is 7.86. The molecule has 0 radical (unpaired) electrons. The number of aromatic amines is 1. The van der Waals surface area contributed by atoms with Gasteiger partial charge in [-0.05, 0) is 37.1 Å². The van der Waals surface area contributed by atoms with Crippen molar-refractivity contribution in [1.29, 1.82) is 0 Å². The lowest BCUT2D eigenvalue weighted by Gasteiger charge is -2.22. The van der Waals surface area contributed by atoms with Gasteiger partial charge >= 0.3 is 5.97 Å². The molecule has 0 saturated carbocycles. The van der Waals surface area contributed by atoms with Gasteiger partial charge in [0, 0.05) is 17.1 Å². The van der Waals surface area contributed by atoms with Gasteiger partial charge in [0.25, 0.3) is 0 Å². The number of hydrogen-bond acceptors (Lipinski definition) is 6. The molecule has 2 N–H and O–H groups in total. The Balaban J connectivity index is 1.80. The van der Waals surface area contributed by atoms with E-state index >= 15 is 0 Å². The summed E-state index contributed by atoms with van der Waals surface area (Å²) in [6.45, 7) is 5.85. The molecule has 30 heavy (non-hydrogen) atoms. The Labute approximate surface area is 182 Å². The van der Waals surface area contributed by atoms with Crippen LogP contribution in [0.4, 0.5) is 0 Å². The lowest BCUT2D eigenvalue weighted by Crippen LogP contribution is -2.29. The highest BCUT2D eigenvalue weighted by atomic mass is 79.9. The minimum Gasteiger partial charge on any atom is -0.486 e. The van der Waals surface area contributed by atoms with Crippen LogP contribution in [0.3, 0.4) is 0 Å². The summed E-state index contributed by atoms with van der Waals surface area (Å²) in [6.07, 6.45) is -0.106. The normalized spacial score (nSPS) is 13.5. The molecule has 3 rings (SSSR count). The molecule has 1 amide bonds. The third-order valence-corrected chi connectivity index (χ3v) is 5.60. The molecular formula is C21H23BrN2O6. The molecule has 1 aromatic heterocycles. The maximum Gasteiger partial charge on any atom is 0.339 e. The van der Waals surface area contributed by atoms with E-state index in [4.69, 9.17) is 14.2 Å². The van der Waals surface area contributed by atoms with Crippen molar-refractivity contribution in [2.75, 3.05) is 20.3 Å². The second-order valence-electron chi connectivity index (χ2n) is 7.01. The van der Waals surface area contributed by atoms with E-state index in [2.05, 4.69) is 26.2 Å². The average molecular weight is 479 g/mol. The van der Waals surface area contributed by atoms with E-state index in [0.717, 1.165) is 10.0 Å². The third kappa shape index (κ3) is 4.35. The van der Waals surface area contributed by atoms with E-state index in [9.17, 15) is 14.4 Å². The maximum atomic E-state index is 12.7. The summed E-state index contributed by atoms with van der Waals surface area (Å²) >= 11 is 3.51. The van der Waals surface area contributed by atoms with Gasteiger partial charge < -0.3 is 24.5 Å². The predicted molar refractivity (Wildman–Crippen MR) is 112 cm³/mol.